The van der Waals surface area contributed by atoms with Gasteiger partial charge in [-0.15, -0.1) is 0 Å². The smallest absolute Gasteiger partial charge is 0.0371 e. The van der Waals surface area contributed by atoms with Crippen molar-refractivity contribution in [3.63, 3.8) is 0 Å². The van der Waals surface area contributed by atoms with Crippen LogP contribution in [-0.2, 0) is 6.54 Å². The van der Waals surface area contributed by atoms with Gasteiger partial charge in [-0.25, -0.2) is 0 Å². The molecule has 0 heterocycles. The van der Waals surface area contributed by atoms with Gasteiger partial charge in [-0.1, -0.05) is 6.07 Å². The maximum Gasteiger partial charge on any atom is 0.0371 e. The molecule has 2 aliphatic rings. The minimum atomic E-state index is 0.794. The van der Waals surface area contributed by atoms with Gasteiger partial charge in [0.05, 0.1) is 0 Å². The van der Waals surface area contributed by atoms with Crippen LogP contribution in [0.4, 0.5) is 5.69 Å². The molecule has 0 amide bonds. The summed E-state index contributed by atoms with van der Waals surface area (Å²) < 4.78 is 0. The van der Waals surface area contributed by atoms with Gasteiger partial charge in [-0.05, 0) is 62.8 Å². The Morgan fingerprint density at radius 2 is 2.00 bits per heavy atom. The van der Waals surface area contributed by atoms with Crippen molar-refractivity contribution < 1.29 is 0 Å². The lowest BCUT2D eigenvalue weighted by Gasteiger charge is -2.24. The fourth-order valence-electron chi connectivity index (χ4n) is 2.64. The number of hydrogen-bond acceptors (Lipinski definition) is 2. The molecule has 0 bridgehead atoms. The molecule has 2 fully saturated rings. The third-order valence-corrected chi connectivity index (χ3v) is 4.14. The molecule has 0 aliphatic heterocycles. The van der Waals surface area contributed by atoms with Crippen LogP contribution in [0.2, 0.25) is 0 Å². The third kappa shape index (κ3) is 2.69. The van der Waals surface area contributed by atoms with E-state index in [-0.39, 0.29) is 0 Å². The summed E-state index contributed by atoms with van der Waals surface area (Å²) in [5.74, 6) is 0. The van der Waals surface area contributed by atoms with Crippen molar-refractivity contribution in [3.8, 4) is 0 Å². The normalized spacial score (nSPS) is 19.0. The van der Waals surface area contributed by atoms with Crippen molar-refractivity contribution in [1.82, 2.24) is 5.32 Å². The lowest BCUT2D eigenvalue weighted by molar-refractivity contribution is 0.685. The highest BCUT2D eigenvalue weighted by Gasteiger charge is 2.28. The molecule has 2 nitrogen and oxygen atoms in total. The fraction of sp³-hybridized carbons (Fsp3) is 0.625. The summed E-state index contributed by atoms with van der Waals surface area (Å²) in [7, 11) is 0. The SMILES string of the molecule is CCN(c1ccc(CNC2CC2)c(C)c1)C1CC1. The zero-order valence-corrected chi connectivity index (χ0v) is 11.6. The zero-order chi connectivity index (χ0) is 12.5. The first kappa shape index (κ1) is 12.0. The summed E-state index contributed by atoms with van der Waals surface area (Å²) in [6.07, 6.45) is 5.47. The van der Waals surface area contributed by atoms with Gasteiger partial charge < -0.3 is 10.2 Å². The van der Waals surface area contributed by atoms with Crippen LogP contribution in [0.15, 0.2) is 18.2 Å². The van der Waals surface area contributed by atoms with Crippen molar-refractivity contribution in [2.45, 2.75) is 58.2 Å². The number of benzene rings is 1. The van der Waals surface area contributed by atoms with E-state index < -0.39 is 0 Å². The van der Waals surface area contributed by atoms with Gasteiger partial charge in [0.1, 0.15) is 0 Å². The minimum absolute atomic E-state index is 0.794. The summed E-state index contributed by atoms with van der Waals surface area (Å²) in [4.78, 5) is 2.55. The van der Waals surface area contributed by atoms with Gasteiger partial charge in [-0.3, -0.25) is 0 Å². The summed E-state index contributed by atoms with van der Waals surface area (Å²) in [6.45, 7) is 6.67. The Labute approximate surface area is 110 Å². The van der Waals surface area contributed by atoms with E-state index in [1.54, 1.807) is 0 Å². The highest BCUT2D eigenvalue weighted by Crippen LogP contribution is 2.32. The standard InChI is InChI=1S/C16H24N2/c1-3-18(15-8-9-15)16-7-4-13(12(2)10-16)11-17-14-5-6-14/h4,7,10,14-15,17H,3,5-6,8-9,11H2,1-2H3. The lowest BCUT2D eigenvalue weighted by Crippen LogP contribution is -2.25. The Kier molecular flexibility index (Phi) is 3.29. The molecule has 1 aromatic carbocycles. The molecule has 0 spiro atoms. The fourth-order valence-corrected chi connectivity index (χ4v) is 2.64. The van der Waals surface area contributed by atoms with Gasteiger partial charge in [0, 0.05) is 30.9 Å². The number of hydrogen-bond donors (Lipinski definition) is 1. The number of aryl methyl sites for hydroxylation is 1. The molecule has 98 valence electrons. The maximum atomic E-state index is 3.60. The molecule has 1 aromatic rings. The molecule has 2 aliphatic carbocycles. The van der Waals surface area contributed by atoms with Crippen molar-refractivity contribution in [2.75, 3.05) is 11.4 Å². The van der Waals surface area contributed by atoms with Gasteiger partial charge in [0.2, 0.25) is 0 Å². The lowest BCUT2D eigenvalue weighted by atomic mass is 10.1. The van der Waals surface area contributed by atoms with E-state index in [4.69, 9.17) is 0 Å². The first-order valence-corrected chi connectivity index (χ1v) is 7.37. The van der Waals surface area contributed by atoms with Crippen molar-refractivity contribution in [1.29, 1.82) is 0 Å². The molecule has 0 radical (unpaired) electrons. The second-order valence-corrected chi connectivity index (χ2v) is 5.78. The number of anilines is 1. The molecule has 0 unspecified atom stereocenters. The summed E-state index contributed by atoms with van der Waals surface area (Å²) in [6, 6.07) is 8.59. The maximum absolute atomic E-state index is 3.60. The van der Waals surface area contributed by atoms with Crippen molar-refractivity contribution in [3.05, 3.63) is 29.3 Å². The van der Waals surface area contributed by atoms with Crippen molar-refractivity contribution >= 4 is 5.69 Å². The van der Waals surface area contributed by atoms with Crippen LogP contribution in [0.5, 0.6) is 0 Å². The van der Waals surface area contributed by atoms with Crippen molar-refractivity contribution in [2.24, 2.45) is 0 Å². The van der Waals surface area contributed by atoms with E-state index in [1.807, 2.05) is 0 Å². The van der Waals surface area contributed by atoms with E-state index >= 15 is 0 Å². The topological polar surface area (TPSA) is 15.3 Å². The van der Waals surface area contributed by atoms with Crippen LogP contribution in [-0.4, -0.2) is 18.6 Å². The molecule has 2 saturated carbocycles. The predicted molar refractivity (Wildman–Crippen MR) is 77.1 cm³/mol. The van der Waals surface area contributed by atoms with E-state index in [0.29, 0.717) is 0 Å². The Bertz CT molecular complexity index is 419. The Morgan fingerprint density at radius 3 is 2.56 bits per heavy atom. The average molecular weight is 244 g/mol. The quantitative estimate of drug-likeness (QED) is 0.826. The molecular weight excluding hydrogens is 220 g/mol. The second-order valence-electron chi connectivity index (χ2n) is 5.78. The van der Waals surface area contributed by atoms with Gasteiger partial charge in [-0.2, -0.15) is 0 Å². The summed E-state index contributed by atoms with van der Waals surface area (Å²) in [5.41, 5.74) is 4.30. The first-order chi connectivity index (χ1) is 8.78. The number of nitrogens with zero attached hydrogens (tertiary/aromatic N) is 1. The number of rotatable bonds is 6. The van der Waals surface area contributed by atoms with E-state index in [9.17, 15) is 0 Å². The minimum Gasteiger partial charge on any atom is -0.369 e. The van der Waals surface area contributed by atoms with Crippen LogP contribution in [0, 0.1) is 6.92 Å². The Hall–Kier alpha value is -1.02. The highest BCUT2D eigenvalue weighted by atomic mass is 15.2. The van der Waals surface area contributed by atoms with E-state index in [0.717, 1.165) is 25.2 Å². The zero-order valence-electron chi connectivity index (χ0n) is 11.6. The van der Waals surface area contributed by atoms with Crippen LogP contribution >= 0.6 is 0 Å². The van der Waals surface area contributed by atoms with Gasteiger partial charge in [0.15, 0.2) is 0 Å². The second kappa shape index (κ2) is 4.93. The Morgan fingerprint density at radius 1 is 1.22 bits per heavy atom. The number of nitrogens with one attached hydrogen (secondary N) is 1. The molecular formula is C16H24N2. The average Bonchev–Trinajstić information content (AvgIpc) is 3.23. The van der Waals surface area contributed by atoms with Crippen LogP contribution in [0.3, 0.4) is 0 Å². The van der Waals surface area contributed by atoms with Crippen LogP contribution in [0.1, 0.15) is 43.7 Å². The largest absolute Gasteiger partial charge is 0.369 e. The van der Waals surface area contributed by atoms with Gasteiger partial charge in [0.25, 0.3) is 0 Å². The monoisotopic (exact) mass is 244 g/mol. The van der Waals surface area contributed by atoms with Crippen LogP contribution < -0.4 is 10.2 Å². The molecule has 0 saturated heterocycles. The van der Waals surface area contributed by atoms with E-state index in [2.05, 4.69) is 42.3 Å². The predicted octanol–water partition coefficient (Wildman–Crippen LogP) is 3.24. The van der Waals surface area contributed by atoms with E-state index in [1.165, 1.54) is 42.5 Å². The molecule has 0 atom stereocenters. The molecule has 0 aromatic heterocycles. The molecule has 18 heavy (non-hydrogen) atoms. The summed E-state index contributed by atoms with van der Waals surface area (Å²) >= 11 is 0. The molecule has 2 heteroatoms. The third-order valence-electron chi connectivity index (χ3n) is 4.14. The molecule has 1 N–H and O–H groups in total. The first-order valence-electron chi connectivity index (χ1n) is 7.37. The highest BCUT2D eigenvalue weighted by molar-refractivity contribution is 5.52. The Balaban J connectivity index is 1.70. The van der Waals surface area contributed by atoms with Gasteiger partial charge >= 0.3 is 0 Å². The molecule has 3 rings (SSSR count). The summed E-state index contributed by atoms with van der Waals surface area (Å²) in [5, 5.41) is 3.60. The van der Waals surface area contributed by atoms with Crippen LogP contribution in [0.25, 0.3) is 0 Å².